The van der Waals surface area contributed by atoms with Crippen LogP contribution in [0.2, 0.25) is 0 Å². The van der Waals surface area contributed by atoms with Gasteiger partial charge in [-0.1, -0.05) is 19.1 Å². The molecule has 1 aromatic carbocycles. The fraction of sp³-hybridized carbons (Fsp3) is 0.273. The van der Waals surface area contributed by atoms with Gasteiger partial charge in [-0.2, -0.15) is 0 Å². The summed E-state index contributed by atoms with van der Waals surface area (Å²) in [7, 11) is 0. The first-order valence-electron chi connectivity index (χ1n) is 4.84. The molecule has 1 unspecified atom stereocenters. The molecule has 0 aromatic heterocycles. The van der Waals surface area contributed by atoms with Crippen LogP contribution in [0.1, 0.15) is 13.3 Å². The highest BCUT2D eigenvalue weighted by Crippen LogP contribution is 2.11. The van der Waals surface area contributed by atoms with E-state index in [-0.39, 0.29) is 17.6 Å². The van der Waals surface area contributed by atoms with Crippen molar-refractivity contribution < 1.29 is 9.18 Å². The second-order valence-corrected chi connectivity index (χ2v) is 4.09. The topological polar surface area (TPSA) is 55.1 Å². The second kappa shape index (κ2) is 5.55. The zero-order valence-electron chi connectivity index (χ0n) is 8.87. The SMILES string of the molecule is CC(CC(N)=S)C(=O)Nc1ccc(F)cc1. The largest absolute Gasteiger partial charge is 0.393 e. The van der Waals surface area contributed by atoms with Crippen LogP contribution in [0, 0.1) is 11.7 Å². The maximum Gasteiger partial charge on any atom is 0.227 e. The molecule has 1 aromatic rings. The van der Waals surface area contributed by atoms with Crippen LogP contribution in [0.4, 0.5) is 10.1 Å². The van der Waals surface area contributed by atoms with Crippen molar-refractivity contribution in [2.24, 2.45) is 11.7 Å². The summed E-state index contributed by atoms with van der Waals surface area (Å²) in [6.07, 6.45) is 0.363. The highest BCUT2D eigenvalue weighted by molar-refractivity contribution is 7.80. The van der Waals surface area contributed by atoms with E-state index < -0.39 is 0 Å². The van der Waals surface area contributed by atoms with Crippen molar-refractivity contribution in [1.29, 1.82) is 0 Å². The highest BCUT2D eigenvalue weighted by Gasteiger charge is 2.13. The predicted molar refractivity (Wildman–Crippen MR) is 65.6 cm³/mol. The lowest BCUT2D eigenvalue weighted by Crippen LogP contribution is -2.24. The molecular weight excluding hydrogens is 227 g/mol. The number of carbonyl (C=O) groups is 1. The van der Waals surface area contributed by atoms with Gasteiger partial charge in [-0.15, -0.1) is 0 Å². The standard InChI is InChI=1S/C11H13FN2OS/c1-7(6-10(13)16)11(15)14-9-4-2-8(12)3-5-9/h2-5,7H,6H2,1H3,(H2,13,16)(H,14,15). The van der Waals surface area contributed by atoms with E-state index in [0.29, 0.717) is 17.1 Å². The summed E-state index contributed by atoms with van der Waals surface area (Å²) in [5.41, 5.74) is 5.90. The maximum absolute atomic E-state index is 12.6. The van der Waals surface area contributed by atoms with E-state index in [1.807, 2.05) is 0 Å². The smallest absolute Gasteiger partial charge is 0.227 e. The van der Waals surface area contributed by atoms with Crippen molar-refractivity contribution in [3.63, 3.8) is 0 Å². The summed E-state index contributed by atoms with van der Waals surface area (Å²) in [4.78, 5) is 11.9. The van der Waals surface area contributed by atoms with Crippen LogP contribution < -0.4 is 11.1 Å². The number of rotatable bonds is 4. The van der Waals surface area contributed by atoms with E-state index in [0.717, 1.165) is 0 Å². The molecule has 3 nitrogen and oxygen atoms in total. The predicted octanol–water partition coefficient (Wildman–Crippen LogP) is 2.08. The van der Waals surface area contributed by atoms with Crippen LogP contribution >= 0.6 is 12.2 Å². The van der Waals surface area contributed by atoms with E-state index in [1.54, 1.807) is 6.92 Å². The molecule has 1 atom stereocenters. The first-order chi connectivity index (χ1) is 7.49. The summed E-state index contributed by atoms with van der Waals surface area (Å²) in [5.74, 6) is -0.809. The molecule has 0 aliphatic carbocycles. The lowest BCUT2D eigenvalue weighted by molar-refractivity contribution is -0.119. The van der Waals surface area contributed by atoms with Crippen LogP contribution in [0.15, 0.2) is 24.3 Å². The van der Waals surface area contributed by atoms with Crippen LogP contribution in [0.5, 0.6) is 0 Å². The molecule has 0 bridgehead atoms. The molecule has 0 heterocycles. The summed E-state index contributed by atoms with van der Waals surface area (Å²) in [5, 5.41) is 2.65. The normalized spacial score (nSPS) is 11.9. The van der Waals surface area contributed by atoms with Crippen LogP contribution in [-0.2, 0) is 4.79 Å². The number of hydrogen-bond donors (Lipinski definition) is 2. The Hall–Kier alpha value is -1.49. The van der Waals surface area contributed by atoms with Crippen molar-refractivity contribution in [3.05, 3.63) is 30.1 Å². The fourth-order valence-electron chi connectivity index (χ4n) is 1.19. The Morgan fingerprint density at radius 1 is 1.50 bits per heavy atom. The zero-order valence-corrected chi connectivity index (χ0v) is 9.68. The number of nitrogens with two attached hydrogens (primary N) is 1. The number of hydrogen-bond acceptors (Lipinski definition) is 2. The summed E-state index contributed by atoms with van der Waals surface area (Å²) >= 11 is 4.72. The molecule has 0 aliphatic heterocycles. The summed E-state index contributed by atoms with van der Waals surface area (Å²) < 4.78 is 12.6. The summed E-state index contributed by atoms with van der Waals surface area (Å²) in [6, 6.07) is 5.57. The molecule has 0 saturated heterocycles. The molecule has 0 radical (unpaired) electrons. The number of amides is 1. The molecule has 1 amide bonds. The van der Waals surface area contributed by atoms with Gasteiger partial charge in [-0.05, 0) is 24.3 Å². The quantitative estimate of drug-likeness (QED) is 0.792. The Bertz CT molecular complexity index is 391. The molecule has 5 heteroatoms. The van der Waals surface area contributed by atoms with Crippen molar-refractivity contribution in [3.8, 4) is 0 Å². The number of halogens is 1. The molecule has 0 saturated carbocycles. The molecule has 16 heavy (non-hydrogen) atoms. The minimum atomic E-state index is -0.339. The van der Waals surface area contributed by atoms with Crippen LogP contribution in [0.3, 0.4) is 0 Å². The Balaban J connectivity index is 2.57. The van der Waals surface area contributed by atoms with Crippen LogP contribution in [-0.4, -0.2) is 10.9 Å². The number of anilines is 1. The van der Waals surface area contributed by atoms with Gasteiger partial charge in [0.15, 0.2) is 0 Å². The molecule has 1 rings (SSSR count). The van der Waals surface area contributed by atoms with Gasteiger partial charge < -0.3 is 11.1 Å². The average Bonchev–Trinajstić information content (AvgIpc) is 2.20. The van der Waals surface area contributed by atoms with E-state index in [9.17, 15) is 9.18 Å². The molecule has 0 fully saturated rings. The number of nitrogens with one attached hydrogen (secondary N) is 1. The lowest BCUT2D eigenvalue weighted by atomic mass is 10.1. The van der Waals surface area contributed by atoms with Crippen molar-refractivity contribution >= 4 is 28.8 Å². The first-order valence-corrected chi connectivity index (χ1v) is 5.24. The van der Waals surface area contributed by atoms with Gasteiger partial charge in [0.05, 0.1) is 4.99 Å². The second-order valence-electron chi connectivity index (χ2n) is 3.57. The van der Waals surface area contributed by atoms with Crippen molar-refractivity contribution in [1.82, 2.24) is 0 Å². The Morgan fingerprint density at radius 3 is 2.56 bits per heavy atom. The third-order valence-electron chi connectivity index (χ3n) is 2.07. The van der Waals surface area contributed by atoms with Crippen molar-refractivity contribution in [2.75, 3.05) is 5.32 Å². The maximum atomic E-state index is 12.6. The van der Waals surface area contributed by atoms with Gasteiger partial charge in [0.25, 0.3) is 0 Å². The van der Waals surface area contributed by atoms with E-state index in [2.05, 4.69) is 5.32 Å². The van der Waals surface area contributed by atoms with Gasteiger partial charge in [0.2, 0.25) is 5.91 Å². The van der Waals surface area contributed by atoms with Gasteiger partial charge in [0.1, 0.15) is 5.82 Å². The molecular formula is C11H13FN2OS. The van der Waals surface area contributed by atoms with Crippen LogP contribution in [0.25, 0.3) is 0 Å². The number of thiocarbonyl (C=S) groups is 1. The van der Waals surface area contributed by atoms with Crippen molar-refractivity contribution in [2.45, 2.75) is 13.3 Å². The van der Waals surface area contributed by atoms with Gasteiger partial charge in [-0.25, -0.2) is 4.39 Å². The molecule has 0 aliphatic rings. The minimum Gasteiger partial charge on any atom is -0.393 e. The Kier molecular flexibility index (Phi) is 4.37. The monoisotopic (exact) mass is 240 g/mol. The lowest BCUT2D eigenvalue weighted by Gasteiger charge is -2.11. The minimum absolute atomic E-state index is 0.181. The third kappa shape index (κ3) is 3.94. The molecule has 3 N–H and O–H groups in total. The zero-order chi connectivity index (χ0) is 12.1. The Morgan fingerprint density at radius 2 is 2.06 bits per heavy atom. The van der Waals surface area contributed by atoms with E-state index in [1.165, 1.54) is 24.3 Å². The number of benzene rings is 1. The Labute approximate surface area is 98.8 Å². The average molecular weight is 240 g/mol. The van der Waals surface area contributed by atoms with Gasteiger partial charge >= 0.3 is 0 Å². The van der Waals surface area contributed by atoms with E-state index >= 15 is 0 Å². The molecule has 0 spiro atoms. The fourth-order valence-corrected chi connectivity index (χ4v) is 1.44. The van der Waals surface area contributed by atoms with Gasteiger partial charge in [-0.3, -0.25) is 4.79 Å². The first kappa shape index (κ1) is 12.6. The third-order valence-corrected chi connectivity index (χ3v) is 2.23. The number of carbonyl (C=O) groups excluding carboxylic acids is 1. The van der Waals surface area contributed by atoms with E-state index in [4.69, 9.17) is 18.0 Å². The highest BCUT2D eigenvalue weighted by atomic mass is 32.1. The summed E-state index contributed by atoms with van der Waals surface area (Å²) in [6.45, 7) is 1.73. The molecule has 86 valence electrons. The van der Waals surface area contributed by atoms with Gasteiger partial charge in [0, 0.05) is 18.0 Å².